The fourth-order valence-electron chi connectivity index (χ4n) is 1.02. The SMILES string of the molecule is C[CH]c1cccc(OCCO)c1Cl. The number of halogens is 1. The van der Waals surface area contributed by atoms with E-state index in [1.54, 1.807) is 6.07 Å². The minimum atomic E-state index is -0.00358. The molecule has 0 spiro atoms. The van der Waals surface area contributed by atoms with E-state index < -0.39 is 0 Å². The lowest BCUT2D eigenvalue weighted by Gasteiger charge is -2.08. The second-order valence-electron chi connectivity index (χ2n) is 2.52. The summed E-state index contributed by atoms with van der Waals surface area (Å²) in [6, 6.07) is 5.56. The van der Waals surface area contributed by atoms with Crippen LogP contribution in [0.4, 0.5) is 0 Å². The van der Waals surface area contributed by atoms with Gasteiger partial charge in [0.05, 0.1) is 11.6 Å². The Bertz CT molecular complexity index is 274. The topological polar surface area (TPSA) is 29.5 Å². The van der Waals surface area contributed by atoms with Crippen molar-refractivity contribution in [3.8, 4) is 5.75 Å². The number of rotatable bonds is 4. The molecule has 0 atom stereocenters. The van der Waals surface area contributed by atoms with Gasteiger partial charge < -0.3 is 9.84 Å². The van der Waals surface area contributed by atoms with Gasteiger partial charge in [-0.3, -0.25) is 0 Å². The average Bonchev–Trinajstić information content (AvgIpc) is 2.16. The summed E-state index contributed by atoms with van der Waals surface area (Å²) in [6.07, 6.45) is 1.91. The third-order valence-corrected chi connectivity index (χ3v) is 2.06. The van der Waals surface area contributed by atoms with Crippen LogP contribution < -0.4 is 4.74 Å². The average molecular weight is 200 g/mol. The smallest absolute Gasteiger partial charge is 0.138 e. The Morgan fingerprint density at radius 1 is 1.54 bits per heavy atom. The molecule has 0 saturated heterocycles. The highest BCUT2D eigenvalue weighted by Gasteiger charge is 2.04. The molecule has 0 heterocycles. The number of aliphatic hydroxyl groups excluding tert-OH is 1. The van der Waals surface area contributed by atoms with E-state index >= 15 is 0 Å². The molecule has 1 radical (unpaired) electrons. The molecular weight excluding hydrogens is 188 g/mol. The van der Waals surface area contributed by atoms with Gasteiger partial charge in [-0.1, -0.05) is 30.7 Å². The van der Waals surface area contributed by atoms with E-state index in [1.165, 1.54) is 0 Å². The second-order valence-corrected chi connectivity index (χ2v) is 2.90. The standard InChI is InChI=1S/C10H12ClO2/c1-2-8-4-3-5-9(10(8)11)13-7-6-12/h2-5,12H,6-7H2,1H3. The number of hydrogen-bond donors (Lipinski definition) is 1. The van der Waals surface area contributed by atoms with Crippen molar-refractivity contribution in [3.63, 3.8) is 0 Å². The maximum atomic E-state index is 8.57. The fourth-order valence-corrected chi connectivity index (χ4v) is 1.31. The van der Waals surface area contributed by atoms with Crippen molar-refractivity contribution in [2.45, 2.75) is 6.92 Å². The van der Waals surface area contributed by atoms with Gasteiger partial charge in [-0.05, 0) is 18.1 Å². The van der Waals surface area contributed by atoms with E-state index in [0.29, 0.717) is 10.8 Å². The first-order valence-electron chi connectivity index (χ1n) is 4.11. The Balaban J connectivity index is 2.81. The molecule has 13 heavy (non-hydrogen) atoms. The molecule has 0 aromatic heterocycles. The molecule has 0 aliphatic heterocycles. The zero-order valence-corrected chi connectivity index (χ0v) is 8.21. The van der Waals surface area contributed by atoms with Gasteiger partial charge >= 0.3 is 0 Å². The predicted octanol–water partition coefficient (Wildman–Crippen LogP) is 2.28. The Hall–Kier alpha value is -0.730. The molecule has 0 amide bonds. The summed E-state index contributed by atoms with van der Waals surface area (Å²) in [5.74, 6) is 0.617. The Morgan fingerprint density at radius 2 is 2.31 bits per heavy atom. The van der Waals surface area contributed by atoms with E-state index in [-0.39, 0.29) is 13.2 Å². The van der Waals surface area contributed by atoms with Crippen molar-refractivity contribution < 1.29 is 9.84 Å². The summed E-state index contributed by atoms with van der Waals surface area (Å²) in [7, 11) is 0. The van der Waals surface area contributed by atoms with Gasteiger partial charge in [0.2, 0.25) is 0 Å². The van der Waals surface area contributed by atoms with Gasteiger partial charge in [-0.2, -0.15) is 0 Å². The van der Waals surface area contributed by atoms with E-state index in [9.17, 15) is 0 Å². The lowest BCUT2D eigenvalue weighted by atomic mass is 10.1. The quantitative estimate of drug-likeness (QED) is 0.806. The van der Waals surface area contributed by atoms with Crippen LogP contribution in [0, 0.1) is 6.42 Å². The zero-order chi connectivity index (χ0) is 9.68. The summed E-state index contributed by atoms with van der Waals surface area (Å²) in [5.41, 5.74) is 0.942. The van der Waals surface area contributed by atoms with Gasteiger partial charge in [0.25, 0.3) is 0 Å². The molecular formula is C10H12ClO2. The van der Waals surface area contributed by atoms with Crippen LogP contribution in [0.5, 0.6) is 5.75 Å². The van der Waals surface area contributed by atoms with Gasteiger partial charge in [0, 0.05) is 0 Å². The lowest BCUT2D eigenvalue weighted by molar-refractivity contribution is 0.201. The van der Waals surface area contributed by atoms with Crippen molar-refractivity contribution >= 4 is 11.6 Å². The number of aliphatic hydroxyl groups is 1. The van der Waals surface area contributed by atoms with Crippen molar-refractivity contribution in [2.75, 3.05) is 13.2 Å². The van der Waals surface area contributed by atoms with Crippen molar-refractivity contribution in [2.24, 2.45) is 0 Å². The molecule has 1 aromatic rings. The molecule has 3 heteroatoms. The molecule has 0 saturated carbocycles. The zero-order valence-electron chi connectivity index (χ0n) is 7.46. The second kappa shape index (κ2) is 5.10. The van der Waals surface area contributed by atoms with Crippen LogP contribution in [-0.4, -0.2) is 18.3 Å². The summed E-state index contributed by atoms with van der Waals surface area (Å²) < 4.78 is 5.23. The molecule has 0 bridgehead atoms. The first kappa shape index (κ1) is 10.4. The highest BCUT2D eigenvalue weighted by atomic mass is 35.5. The van der Waals surface area contributed by atoms with Gasteiger partial charge in [-0.15, -0.1) is 0 Å². The van der Waals surface area contributed by atoms with Crippen molar-refractivity contribution in [1.82, 2.24) is 0 Å². The summed E-state index contributed by atoms with van der Waals surface area (Å²) in [4.78, 5) is 0. The number of benzene rings is 1. The van der Waals surface area contributed by atoms with E-state index in [1.807, 2.05) is 25.5 Å². The van der Waals surface area contributed by atoms with Gasteiger partial charge in [0.15, 0.2) is 0 Å². The maximum Gasteiger partial charge on any atom is 0.138 e. The molecule has 1 N–H and O–H groups in total. The number of ether oxygens (including phenoxy) is 1. The Morgan fingerprint density at radius 3 is 2.92 bits per heavy atom. The minimum Gasteiger partial charge on any atom is -0.490 e. The van der Waals surface area contributed by atoms with Crippen LogP contribution in [0.15, 0.2) is 18.2 Å². The fraction of sp³-hybridized carbons (Fsp3) is 0.300. The molecule has 71 valence electrons. The molecule has 0 aliphatic rings. The lowest BCUT2D eigenvalue weighted by Crippen LogP contribution is -2.02. The molecule has 2 nitrogen and oxygen atoms in total. The van der Waals surface area contributed by atoms with E-state index in [0.717, 1.165) is 5.56 Å². The van der Waals surface area contributed by atoms with Crippen LogP contribution in [0.1, 0.15) is 12.5 Å². The number of hydrogen-bond acceptors (Lipinski definition) is 2. The van der Waals surface area contributed by atoms with Crippen molar-refractivity contribution in [1.29, 1.82) is 0 Å². The van der Waals surface area contributed by atoms with E-state index in [2.05, 4.69) is 0 Å². The highest BCUT2D eigenvalue weighted by Crippen LogP contribution is 2.28. The van der Waals surface area contributed by atoms with Crippen LogP contribution in [-0.2, 0) is 0 Å². The molecule has 0 fully saturated rings. The Kier molecular flexibility index (Phi) is 4.06. The van der Waals surface area contributed by atoms with Gasteiger partial charge in [-0.25, -0.2) is 0 Å². The molecule has 1 rings (SSSR count). The monoisotopic (exact) mass is 199 g/mol. The first-order chi connectivity index (χ1) is 6.29. The van der Waals surface area contributed by atoms with Crippen LogP contribution >= 0.6 is 11.6 Å². The molecule has 0 aliphatic carbocycles. The van der Waals surface area contributed by atoms with Crippen LogP contribution in [0.3, 0.4) is 0 Å². The molecule has 1 aromatic carbocycles. The maximum absolute atomic E-state index is 8.57. The summed E-state index contributed by atoms with van der Waals surface area (Å²) in [5, 5.41) is 9.16. The third kappa shape index (κ3) is 2.61. The van der Waals surface area contributed by atoms with E-state index in [4.69, 9.17) is 21.4 Å². The Labute approximate surface area is 83.1 Å². The molecule has 0 unspecified atom stereocenters. The normalized spacial score (nSPS) is 10.1. The highest BCUT2D eigenvalue weighted by molar-refractivity contribution is 6.33. The summed E-state index contributed by atoms with van der Waals surface area (Å²) in [6.45, 7) is 2.18. The predicted molar refractivity (Wildman–Crippen MR) is 53.1 cm³/mol. The van der Waals surface area contributed by atoms with Crippen LogP contribution in [0.2, 0.25) is 5.02 Å². The minimum absolute atomic E-state index is 0.00358. The largest absolute Gasteiger partial charge is 0.490 e. The first-order valence-corrected chi connectivity index (χ1v) is 4.49. The summed E-state index contributed by atoms with van der Waals surface area (Å²) >= 11 is 6.01. The van der Waals surface area contributed by atoms with Crippen LogP contribution in [0.25, 0.3) is 0 Å². The third-order valence-electron chi connectivity index (χ3n) is 1.65. The van der Waals surface area contributed by atoms with Crippen molar-refractivity contribution in [3.05, 3.63) is 35.2 Å². The van der Waals surface area contributed by atoms with Gasteiger partial charge in [0.1, 0.15) is 12.4 Å².